The highest BCUT2D eigenvalue weighted by Gasteiger charge is 2.60. The van der Waals surface area contributed by atoms with Crippen molar-refractivity contribution in [1.82, 2.24) is 14.3 Å². The van der Waals surface area contributed by atoms with Gasteiger partial charge in [0, 0.05) is 31.5 Å². The largest absolute Gasteiger partial charge is 0.402 e. The zero-order chi connectivity index (χ0) is 28.4. The zero-order valence-electron chi connectivity index (χ0n) is 22.3. The standard InChI is InChI=1S/C30H34F3N3O3S/c31-30(32,33)21-36-20-29(35-40(36,38)39)26-14-15-27(29)18-25-16-22(12-13-24(25)17-26)8-4-1-2-7-11-28(37)34-19-23-9-5-3-6-10-23/h3,5-6,9-10,12-13,16,26-27,35H,1-2,7,11,14-15,17-21H2,(H,34,37)/t26-,27+,29+/m0/s1. The summed E-state index contributed by atoms with van der Waals surface area (Å²) in [6.07, 6.45) is 0.935. The number of unbranched alkanes of at least 4 members (excludes halogenated alkanes) is 2. The molecule has 2 aliphatic carbocycles. The second kappa shape index (κ2) is 11.6. The Morgan fingerprint density at radius 3 is 2.50 bits per heavy atom. The van der Waals surface area contributed by atoms with Crippen LogP contribution < -0.4 is 10.0 Å². The molecule has 5 rings (SSSR count). The van der Waals surface area contributed by atoms with Crippen molar-refractivity contribution in [3.05, 3.63) is 70.8 Å². The second-order valence-corrected chi connectivity index (χ2v) is 12.8. The summed E-state index contributed by atoms with van der Waals surface area (Å²) in [5.41, 5.74) is 3.28. The van der Waals surface area contributed by atoms with E-state index in [0.717, 1.165) is 47.9 Å². The number of halogens is 3. The number of alkyl halides is 3. The quantitative estimate of drug-likeness (QED) is 0.379. The minimum absolute atomic E-state index is 0.0284. The van der Waals surface area contributed by atoms with Gasteiger partial charge in [0.1, 0.15) is 6.54 Å². The average molecular weight is 574 g/mol. The molecule has 2 fully saturated rings. The van der Waals surface area contributed by atoms with Gasteiger partial charge in [0.25, 0.3) is 10.2 Å². The lowest BCUT2D eigenvalue weighted by Gasteiger charge is -2.33. The monoisotopic (exact) mass is 573 g/mol. The minimum Gasteiger partial charge on any atom is -0.352 e. The van der Waals surface area contributed by atoms with Crippen molar-refractivity contribution in [3.8, 4) is 11.8 Å². The van der Waals surface area contributed by atoms with E-state index in [-0.39, 0.29) is 24.3 Å². The van der Waals surface area contributed by atoms with Crippen molar-refractivity contribution in [1.29, 1.82) is 0 Å². The van der Waals surface area contributed by atoms with Crippen molar-refractivity contribution in [2.45, 2.75) is 69.6 Å². The predicted octanol–water partition coefficient (Wildman–Crippen LogP) is 4.49. The number of carbonyl (C=O) groups is 1. The van der Waals surface area contributed by atoms with Gasteiger partial charge >= 0.3 is 6.18 Å². The highest BCUT2D eigenvalue weighted by Crippen LogP contribution is 2.50. The van der Waals surface area contributed by atoms with E-state index in [4.69, 9.17) is 0 Å². The first-order valence-electron chi connectivity index (χ1n) is 13.8. The number of rotatable bonds is 7. The highest BCUT2D eigenvalue weighted by atomic mass is 32.2. The number of benzene rings is 2. The third kappa shape index (κ3) is 6.54. The van der Waals surface area contributed by atoms with Gasteiger partial charge in [-0.2, -0.15) is 30.6 Å². The van der Waals surface area contributed by atoms with Crippen LogP contribution in [0.2, 0.25) is 0 Å². The van der Waals surface area contributed by atoms with E-state index >= 15 is 0 Å². The molecule has 1 amide bonds. The van der Waals surface area contributed by atoms with Crippen molar-refractivity contribution >= 4 is 16.1 Å². The van der Waals surface area contributed by atoms with E-state index in [1.807, 2.05) is 48.5 Å². The smallest absolute Gasteiger partial charge is 0.352 e. The molecule has 3 atom stereocenters. The summed E-state index contributed by atoms with van der Waals surface area (Å²) in [6.45, 7) is -1.08. The van der Waals surface area contributed by atoms with Gasteiger partial charge < -0.3 is 5.32 Å². The van der Waals surface area contributed by atoms with E-state index in [1.54, 1.807) is 0 Å². The lowest BCUT2D eigenvalue weighted by molar-refractivity contribution is -0.136. The zero-order valence-corrected chi connectivity index (χ0v) is 23.1. The van der Waals surface area contributed by atoms with Crippen LogP contribution in [0.5, 0.6) is 0 Å². The number of hydrogen-bond acceptors (Lipinski definition) is 3. The van der Waals surface area contributed by atoms with Gasteiger partial charge in [-0.05, 0) is 79.2 Å². The Kier molecular flexibility index (Phi) is 8.27. The molecule has 1 saturated heterocycles. The van der Waals surface area contributed by atoms with Crippen LogP contribution in [-0.2, 0) is 34.4 Å². The lowest BCUT2D eigenvalue weighted by atomic mass is 9.79. The summed E-state index contributed by atoms with van der Waals surface area (Å²) in [5.74, 6) is 6.31. The van der Waals surface area contributed by atoms with Crippen LogP contribution in [0.4, 0.5) is 13.2 Å². The molecule has 0 aromatic heterocycles. The number of carbonyl (C=O) groups excluding carboxylic acids is 1. The molecule has 3 aliphatic rings. The molecule has 0 radical (unpaired) electrons. The Labute approximate surface area is 233 Å². The Hall–Kier alpha value is -2.87. The normalized spacial score (nSPS) is 25.2. The van der Waals surface area contributed by atoms with Crippen LogP contribution >= 0.6 is 0 Å². The molecule has 1 saturated carbocycles. The van der Waals surface area contributed by atoms with Gasteiger partial charge in [0.2, 0.25) is 5.91 Å². The van der Waals surface area contributed by atoms with Crippen molar-refractivity contribution < 1.29 is 26.4 Å². The molecule has 1 spiro atoms. The Balaban J connectivity index is 1.15. The molecule has 214 valence electrons. The van der Waals surface area contributed by atoms with Gasteiger partial charge in [-0.25, -0.2) is 0 Å². The molecule has 2 N–H and O–H groups in total. The lowest BCUT2D eigenvalue weighted by Crippen LogP contribution is -2.52. The number of amides is 1. The van der Waals surface area contributed by atoms with Crippen LogP contribution in [0, 0.1) is 23.7 Å². The molecule has 6 nitrogen and oxygen atoms in total. The fraction of sp³-hybridized carbons (Fsp3) is 0.500. The van der Waals surface area contributed by atoms with E-state index < -0.39 is 28.5 Å². The van der Waals surface area contributed by atoms with Crippen LogP contribution in [-0.4, -0.2) is 43.4 Å². The molecular weight excluding hydrogens is 539 g/mol. The summed E-state index contributed by atoms with van der Waals surface area (Å²) in [4.78, 5) is 12.1. The van der Waals surface area contributed by atoms with Crippen molar-refractivity contribution in [3.63, 3.8) is 0 Å². The first-order valence-corrected chi connectivity index (χ1v) is 15.3. The van der Waals surface area contributed by atoms with Crippen LogP contribution in [0.25, 0.3) is 0 Å². The molecular formula is C30H34F3N3O3S. The summed E-state index contributed by atoms with van der Waals surface area (Å²) in [5, 5.41) is 2.93. The fourth-order valence-electron chi connectivity index (χ4n) is 6.47. The van der Waals surface area contributed by atoms with Crippen LogP contribution in [0.15, 0.2) is 48.5 Å². The first-order chi connectivity index (χ1) is 19.0. The Morgan fingerprint density at radius 2 is 1.77 bits per heavy atom. The SMILES string of the molecule is O=C(CCCCC#Cc1ccc2c(c1)C[C@H]1CC[C@@H](C2)[C@]12CN(CC(F)(F)F)S(=O)(=O)N2)NCc1ccccc1. The number of nitrogens with zero attached hydrogens (tertiary/aromatic N) is 1. The minimum atomic E-state index is -4.59. The van der Waals surface area contributed by atoms with Crippen molar-refractivity contribution in [2.75, 3.05) is 13.1 Å². The summed E-state index contributed by atoms with van der Waals surface area (Å²) in [7, 11) is -4.19. The van der Waals surface area contributed by atoms with Gasteiger partial charge in [0.15, 0.2) is 0 Å². The molecule has 1 aliphatic heterocycles. The van der Waals surface area contributed by atoms with Crippen LogP contribution in [0.3, 0.4) is 0 Å². The van der Waals surface area contributed by atoms with E-state index in [0.29, 0.717) is 36.5 Å². The van der Waals surface area contributed by atoms with Crippen molar-refractivity contribution in [2.24, 2.45) is 11.8 Å². The maximum atomic E-state index is 13.1. The number of nitrogens with one attached hydrogen (secondary N) is 2. The third-order valence-corrected chi connectivity index (χ3v) is 10.0. The third-order valence-electron chi connectivity index (χ3n) is 8.43. The molecule has 2 bridgehead atoms. The molecule has 2 aromatic carbocycles. The van der Waals surface area contributed by atoms with Gasteiger partial charge in [-0.3, -0.25) is 4.79 Å². The van der Waals surface area contributed by atoms with Gasteiger partial charge in [-0.15, -0.1) is 0 Å². The highest BCUT2D eigenvalue weighted by molar-refractivity contribution is 7.87. The number of hydrogen-bond donors (Lipinski definition) is 2. The first kappa shape index (κ1) is 28.7. The summed E-state index contributed by atoms with van der Waals surface area (Å²) < 4.78 is 67.9. The molecule has 10 heteroatoms. The fourth-order valence-corrected chi connectivity index (χ4v) is 8.18. The van der Waals surface area contributed by atoms with Gasteiger partial charge in [0.05, 0.1) is 5.54 Å². The summed E-state index contributed by atoms with van der Waals surface area (Å²) >= 11 is 0. The topological polar surface area (TPSA) is 78.5 Å². The maximum Gasteiger partial charge on any atom is 0.402 e. The van der Waals surface area contributed by atoms with E-state index in [9.17, 15) is 26.4 Å². The number of fused-ring (bicyclic) bond motifs is 1. The molecule has 1 heterocycles. The Bertz CT molecular complexity index is 1400. The van der Waals surface area contributed by atoms with E-state index in [1.165, 1.54) is 0 Å². The Morgan fingerprint density at radius 1 is 1.05 bits per heavy atom. The average Bonchev–Trinajstić information content (AvgIpc) is 3.29. The predicted molar refractivity (Wildman–Crippen MR) is 146 cm³/mol. The summed E-state index contributed by atoms with van der Waals surface area (Å²) in [6, 6.07) is 15.8. The second-order valence-electron chi connectivity index (χ2n) is 11.2. The van der Waals surface area contributed by atoms with E-state index in [2.05, 4.69) is 21.9 Å². The van der Waals surface area contributed by atoms with Crippen LogP contribution in [0.1, 0.15) is 60.8 Å². The molecule has 2 aromatic rings. The van der Waals surface area contributed by atoms with Gasteiger partial charge in [-0.1, -0.05) is 48.2 Å². The maximum absolute atomic E-state index is 13.1. The molecule has 40 heavy (non-hydrogen) atoms. The molecule has 0 unspecified atom stereocenters.